The van der Waals surface area contributed by atoms with Gasteiger partial charge in [0.1, 0.15) is 0 Å². The van der Waals surface area contributed by atoms with Crippen molar-refractivity contribution < 1.29 is 4.79 Å². The first-order chi connectivity index (χ1) is 9.24. The molecular formula is C16H13BrOS. The second kappa shape index (κ2) is 5.51. The largest absolute Gasteiger partial charge is 0.294 e. The van der Waals surface area contributed by atoms with E-state index in [-0.39, 0.29) is 0 Å². The van der Waals surface area contributed by atoms with E-state index in [1.807, 2.05) is 30.0 Å². The van der Waals surface area contributed by atoms with Gasteiger partial charge in [-0.15, -0.1) is 11.8 Å². The molecule has 0 aliphatic heterocycles. The van der Waals surface area contributed by atoms with Crippen LogP contribution in [0.2, 0.25) is 0 Å². The second-order valence-electron chi connectivity index (χ2n) is 4.62. The van der Waals surface area contributed by atoms with Crippen molar-refractivity contribution in [2.24, 2.45) is 0 Å². The number of rotatable bonds is 3. The molecule has 1 aliphatic carbocycles. The Labute approximate surface area is 125 Å². The van der Waals surface area contributed by atoms with Crippen LogP contribution < -0.4 is 0 Å². The molecule has 0 bridgehead atoms. The van der Waals surface area contributed by atoms with E-state index in [0.29, 0.717) is 12.2 Å². The smallest absolute Gasteiger partial charge is 0.163 e. The second-order valence-corrected chi connectivity index (χ2v) is 6.56. The summed E-state index contributed by atoms with van der Waals surface area (Å²) >= 11 is 5.31. The SMILES string of the molecule is O=C1CCc2c(SCc3cccc(Br)c3)cccc21. The maximum atomic E-state index is 11.7. The van der Waals surface area contributed by atoms with E-state index in [1.54, 1.807) is 0 Å². The number of hydrogen-bond donors (Lipinski definition) is 0. The van der Waals surface area contributed by atoms with Crippen molar-refractivity contribution in [3.8, 4) is 0 Å². The maximum absolute atomic E-state index is 11.7. The van der Waals surface area contributed by atoms with Gasteiger partial charge in [-0.3, -0.25) is 4.79 Å². The van der Waals surface area contributed by atoms with E-state index in [2.05, 4.69) is 40.2 Å². The van der Waals surface area contributed by atoms with Crippen LogP contribution in [-0.4, -0.2) is 5.78 Å². The molecule has 0 fully saturated rings. The molecule has 0 unspecified atom stereocenters. The molecular weight excluding hydrogens is 320 g/mol. The highest BCUT2D eigenvalue weighted by Gasteiger charge is 2.21. The van der Waals surface area contributed by atoms with Gasteiger partial charge in [0, 0.05) is 27.1 Å². The fraction of sp³-hybridized carbons (Fsp3) is 0.188. The van der Waals surface area contributed by atoms with Crippen molar-refractivity contribution in [2.75, 3.05) is 0 Å². The first-order valence-electron chi connectivity index (χ1n) is 6.26. The average Bonchev–Trinajstić information content (AvgIpc) is 2.79. The minimum atomic E-state index is 0.292. The zero-order valence-corrected chi connectivity index (χ0v) is 12.8. The van der Waals surface area contributed by atoms with Crippen LogP contribution >= 0.6 is 27.7 Å². The Balaban J connectivity index is 1.80. The molecule has 0 atom stereocenters. The summed E-state index contributed by atoms with van der Waals surface area (Å²) in [7, 11) is 0. The molecule has 2 aromatic carbocycles. The van der Waals surface area contributed by atoms with Crippen molar-refractivity contribution in [3.05, 3.63) is 63.6 Å². The van der Waals surface area contributed by atoms with Gasteiger partial charge in [-0.05, 0) is 35.7 Å². The Morgan fingerprint density at radius 3 is 2.79 bits per heavy atom. The first-order valence-corrected chi connectivity index (χ1v) is 8.04. The van der Waals surface area contributed by atoms with Crippen LogP contribution in [0.1, 0.15) is 27.9 Å². The van der Waals surface area contributed by atoms with Crippen molar-refractivity contribution in [1.29, 1.82) is 0 Å². The van der Waals surface area contributed by atoms with Crippen LogP contribution in [0.4, 0.5) is 0 Å². The summed E-state index contributed by atoms with van der Waals surface area (Å²) in [4.78, 5) is 13.0. The van der Waals surface area contributed by atoms with Crippen LogP contribution in [0.15, 0.2) is 51.8 Å². The lowest BCUT2D eigenvalue weighted by molar-refractivity contribution is 0.0994. The summed E-state index contributed by atoms with van der Waals surface area (Å²) in [6.07, 6.45) is 1.57. The monoisotopic (exact) mass is 332 g/mol. The number of ketones is 1. The van der Waals surface area contributed by atoms with Crippen molar-refractivity contribution in [1.82, 2.24) is 0 Å². The molecule has 96 valence electrons. The number of Topliss-reactive ketones (excluding diaryl/α,β-unsaturated/α-hetero) is 1. The van der Waals surface area contributed by atoms with Gasteiger partial charge in [0.2, 0.25) is 0 Å². The van der Waals surface area contributed by atoms with Gasteiger partial charge >= 0.3 is 0 Å². The van der Waals surface area contributed by atoms with Gasteiger partial charge < -0.3 is 0 Å². The van der Waals surface area contributed by atoms with Gasteiger partial charge in [0.05, 0.1) is 0 Å². The van der Waals surface area contributed by atoms with Crippen LogP contribution in [-0.2, 0) is 12.2 Å². The zero-order chi connectivity index (χ0) is 13.2. The summed E-state index contributed by atoms with van der Waals surface area (Å²) in [5.41, 5.74) is 3.47. The first kappa shape index (κ1) is 12.9. The Hall–Kier alpha value is -1.06. The lowest BCUT2D eigenvalue weighted by atomic mass is 10.1. The summed E-state index contributed by atoms with van der Waals surface area (Å²) < 4.78 is 1.11. The molecule has 0 heterocycles. The Kier molecular flexibility index (Phi) is 3.76. The molecule has 3 heteroatoms. The standard InChI is InChI=1S/C16H13BrOS/c17-12-4-1-3-11(9-12)10-19-16-6-2-5-13-14(16)7-8-15(13)18/h1-6,9H,7-8,10H2. The minimum Gasteiger partial charge on any atom is -0.294 e. The predicted molar refractivity (Wildman–Crippen MR) is 82.8 cm³/mol. The molecule has 0 saturated carbocycles. The molecule has 0 saturated heterocycles. The van der Waals surface area contributed by atoms with Crippen molar-refractivity contribution in [2.45, 2.75) is 23.5 Å². The number of carbonyl (C=O) groups is 1. The van der Waals surface area contributed by atoms with Gasteiger partial charge in [0.15, 0.2) is 5.78 Å². The summed E-state index contributed by atoms with van der Waals surface area (Å²) in [5.74, 6) is 1.23. The van der Waals surface area contributed by atoms with Crippen molar-refractivity contribution in [3.63, 3.8) is 0 Å². The topological polar surface area (TPSA) is 17.1 Å². The predicted octanol–water partition coefficient (Wildman–Crippen LogP) is 4.87. The molecule has 0 amide bonds. The van der Waals surface area contributed by atoms with Crippen LogP contribution in [0.5, 0.6) is 0 Å². The number of benzene rings is 2. The van der Waals surface area contributed by atoms with E-state index in [1.165, 1.54) is 16.0 Å². The van der Waals surface area contributed by atoms with E-state index in [0.717, 1.165) is 22.2 Å². The van der Waals surface area contributed by atoms with E-state index in [9.17, 15) is 4.79 Å². The quantitative estimate of drug-likeness (QED) is 0.746. The zero-order valence-electron chi connectivity index (χ0n) is 10.4. The average molecular weight is 333 g/mol. The van der Waals surface area contributed by atoms with Gasteiger partial charge in [0.25, 0.3) is 0 Å². The molecule has 0 radical (unpaired) electrons. The summed E-state index contributed by atoms with van der Waals surface area (Å²) in [6, 6.07) is 14.4. The van der Waals surface area contributed by atoms with Crippen LogP contribution in [0.3, 0.4) is 0 Å². The molecule has 0 aromatic heterocycles. The maximum Gasteiger partial charge on any atom is 0.163 e. The number of hydrogen-bond acceptors (Lipinski definition) is 2. The molecule has 0 N–H and O–H groups in total. The van der Waals surface area contributed by atoms with Gasteiger partial charge in [-0.1, -0.05) is 40.2 Å². The number of halogens is 1. The van der Waals surface area contributed by atoms with Crippen LogP contribution in [0.25, 0.3) is 0 Å². The third kappa shape index (κ3) is 2.77. The highest BCUT2D eigenvalue weighted by molar-refractivity contribution is 9.10. The minimum absolute atomic E-state index is 0.292. The van der Waals surface area contributed by atoms with Gasteiger partial charge in [-0.25, -0.2) is 0 Å². The highest BCUT2D eigenvalue weighted by atomic mass is 79.9. The molecule has 19 heavy (non-hydrogen) atoms. The third-order valence-corrected chi connectivity index (χ3v) is 4.98. The lowest BCUT2D eigenvalue weighted by Gasteiger charge is -2.07. The lowest BCUT2D eigenvalue weighted by Crippen LogP contribution is -1.91. The van der Waals surface area contributed by atoms with Gasteiger partial charge in [-0.2, -0.15) is 0 Å². The third-order valence-electron chi connectivity index (χ3n) is 3.32. The Morgan fingerprint density at radius 2 is 1.95 bits per heavy atom. The molecule has 3 rings (SSSR count). The number of thioether (sulfide) groups is 1. The van der Waals surface area contributed by atoms with E-state index >= 15 is 0 Å². The highest BCUT2D eigenvalue weighted by Crippen LogP contribution is 2.33. The number of fused-ring (bicyclic) bond motifs is 1. The molecule has 0 spiro atoms. The molecule has 1 nitrogen and oxygen atoms in total. The molecule has 1 aliphatic rings. The fourth-order valence-corrected chi connectivity index (χ4v) is 3.89. The molecule has 2 aromatic rings. The summed E-state index contributed by atoms with van der Waals surface area (Å²) in [6.45, 7) is 0. The summed E-state index contributed by atoms with van der Waals surface area (Å²) in [5, 5.41) is 0. The van der Waals surface area contributed by atoms with E-state index in [4.69, 9.17) is 0 Å². The van der Waals surface area contributed by atoms with Crippen molar-refractivity contribution >= 4 is 33.5 Å². The number of carbonyl (C=O) groups excluding carboxylic acids is 1. The Morgan fingerprint density at radius 1 is 1.11 bits per heavy atom. The Bertz CT molecular complexity index is 636. The fourth-order valence-electron chi connectivity index (χ4n) is 2.38. The van der Waals surface area contributed by atoms with Crippen LogP contribution in [0, 0.1) is 0 Å². The van der Waals surface area contributed by atoms with E-state index < -0.39 is 0 Å². The normalized spacial score (nSPS) is 13.6.